The van der Waals surface area contributed by atoms with Crippen molar-refractivity contribution in [2.75, 3.05) is 26.4 Å². The Morgan fingerprint density at radius 1 is 1.15 bits per heavy atom. The van der Waals surface area contributed by atoms with E-state index in [1.165, 1.54) is 24.8 Å². The van der Waals surface area contributed by atoms with Crippen LogP contribution in [-0.4, -0.2) is 32.4 Å². The lowest BCUT2D eigenvalue weighted by atomic mass is 10.1. The summed E-state index contributed by atoms with van der Waals surface area (Å²) in [6.07, 6.45) is 5.06. The van der Waals surface area contributed by atoms with Gasteiger partial charge in [-0.25, -0.2) is 0 Å². The van der Waals surface area contributed by atoms with Gasteiger partial charge in [-0.1, -0.05) is 43.7 Å². The van der Waals surface area contributed by atoms with Gasteiger partial charge in [0.05, 0.1) is 19.3 Å². The van der Waals surface area contributed by atoms with E-state index in [2.05, 4.69) is 36.5 Å². The predicted octanol–water partition coefficient (Wildman–Crippen LogP) is 3.31. The standard InChI is InChI=1S/C17H27NO2/c1-2-3-11-19-12-13-20-17(14-18-16-9-10-16)15-7-5-4-6-8-15/h4-8,16-18H,2-3,9-14H2,1H3. The van der Waals surface area contributed by atoms with Crippen LogP contribution in [0.1, 0.15) is 44.3 Å². The van der Waals surface area contributed by atoms with Gasteiger partial charge in [-0.3, -0.25) is 0 Å². The van der Waals surface area contributed by atoms with Gasteiger partial charge in [0.15, 0.2) is 0 Å². The SMILES string of the molecule is CCCCOCCOC(CNC1CC1)c1ccccc1. The lowest BCUT2D eigenvalue weighted by molar-refractivity contribution is 0.00345. The lowest BCUT2D eigenvalue weighted by Gasteiger charge is -2.19. The van der Waals surface area contributed by atoms with Crippen molar-refractivity contribution >= 4 is 0 Å². The zero-order chi connectivity index (χ0) is 14.0. The van der Waals surface area contributed by atoms with Crippen molar-refractivity contribution in [1.82, 2.24) is 5.32 Å². The van der Waals surface area contributed by atoms with Gasteiger partial charge >= 0.3 is 0 Å². The van der Waals surface area contributed by atoms with Crippen LogP contribution in [0.5, 0.6) is 0 Å². The number of rotatable bonds is 11. The summed E-state index contributed by atoms with van der Waals surface area (Å²) in [6.45, 7) is 5.26. The number of unbranched alkanes of at least 4 members (excludes halogenated alkanes) is 1. The maximum atomic E-state index is 6.00. The van der Waals surface area contributed by atoms with Crippen molar-refractivity contribution in [3.63, 3.8) is 0 Å². The van der Waals surface area contributed by atoms with Gasteiger partial charge in [0.25, 0.3) is 0 Å². The van der Waals surface area contributed by atoms with Gasteiger partial charge in [0, 0.05) is 19.2 Å². The molecule has 0 saturated heterocycles. The Morgan fingerprint density at radius 3 is 2.65 bits per heavy atom. The van der Waals surface area contributed by atoms with E-state index in [1.807, 2.05) is 6.07 Å². The van der Waals surface area contributed by atoms with E-state index >= 15 is 0 Å². The first-order valence-electron chi connectivity index (χ1n) is 7.88. The molecule has 0 bridgehead atoms. The quantitative estimate of drug-likeness (QED) is 0.629. The van der Waals surface area contributed by atoms with Gasteiger partial charge in [-0.05, 0) is 24.8 Å². The summed E-state index contributed by atoms with van der Waals surface area (Å²) in [5.41, 5.74) is 1.24. The zero-order valence-corrected chi connectivity index (χ0v) is 12.5. The Morgan fingerprint density at radius 2 is 1.95 bits per heavy atom. The molecule has 0 aliphatic heterocycles. The number of hydrogen-bond acceptors (Lipinski definition) is 3. The second-order valence-electron chi connectivity index (χ2n) is 5.42. The largest absolute Gasteiger partial charge is 0.379 e. The third-order valence-electron chi connectivity index (χ3n) is 3.53. The summed E-state index contributed by atoms with van der Waals surface area (Å²) in [7, 11) is 0. The van der Waals surface area contributed by atoms with Gasteiger partial charge in [0.2, 0.25) is 0 Å². The van der Waals surface area contributed by atoms with E-state index in [9.17, 15) is 0 Å². The Kier molecular flexibility index (Phi) is 7.06. The Hall–Kier alpha value is -0.900. The topological polar surface area (TPSA) is 30.5 Å². The molecule has 0 amide bonds. The first-order chi connectivity index (χ1) is 9.90. The minimum atomic E-state index is 0.131. The third-order valence-corrected chi connectivity index (χ3v) is 3.53. The van der Waals surface area contributed by atoms with Crippen molar-refractivity contribution in [2.24, 2.45) is 0 Å². The molecule has 20 heavy (non-hydrogen) atoms. The average Bonchev–Trinajstić information content (AvgIpc) is 3.31. The molecule has 1 fully saturated rings. The Bertz CT molecular complexity index is 351. The molecule has 1 aromatic carbocycles. The average molecular weight is 277 g/mol. The first kappa shape index (κ1) is 15.5. The molecule has 0 heterocycles. The maximum absolute atomic E-state index is 6.00. The zero-order valence-electron chi connectivity index (χ0n) is 12.5. The maximum Gasteiger partial charge on any atom is 0.0950 e. The van der Waals surface area contributed by atoms with E-state index < -0.39 is 0 Å². The highest BCUT2D eigenvalue weighted by Crippen LogP contribution is 2.22. The Labute approximate surface area is 122 Å². The summed E-state index contributed by atoms with van der Waals surface area (Å²) >= 11 is 0. The van der Waals surface area contributed by atoms with E-state index in [1.54, 1.807) is 0 Å². The molecule has 1 aliphatic carbocycles. The molecular formula is C17H27NO2. The van der Waals surface area contributed by atoms with Crippen molar-refractivity contribution in [3.8, 4) is 0 Å². The molecule has 1 aromatic rings. The van der Waals surface area contributed by atoms with E-state index in [-0.39, 0.29) is 6.10 Å². The molecule has 0 spiro atoms. The van der Waals surface area contributed by atoms with Crippen molar-refractivity contribution < 1.29 is 9.47 Å². The van der Waals surface area contributed by atoms with Crippen molar-refractivity contribution in [2.45, 2.75) is 44.8 Å². The van der Waals surface area contributed by atoms with E-state index in [4.69, 9.17) is 9.47 Å². The monoisotopic (exact) mass is 277 g/mol. The fourth-order valence-corrected chi connectivity index (χ4v) is 2.10. The molecule has 2 rings (SSSR count). The molecule has 1 N–H and O–H groups in total. The van der Waals surface area contributed by atoms with Crippen LogP contribution >= 0.6 is 0 Å². The molecule has 1 saturated carbocycles. The van der Waals surface area contributed by atoms with Crippen LogP contribution in [0.4, 0.5) is 0 Å². The molecule has 0 aromatic heterocycles. The summed E-state index contributed by atoms with van der Waals surface area (Å²) in [6, 6.07) is 11.2. The smallest absolute Gasteiger partial charge is 0.0950 e. The highest BCUT2D eigenvalue weighted by Gasteiger charge is 2.22. The van der Waals surface area contributed by atoms with Crippen LogP contribution in [0.25, 0.3) is 0 Å². The van der Waals surface area contributed by atoms with Crippen LogP contribution in [-0.2, 0) is 9.47 Å². The van der Waals surface area contributed by atoms with Crippen LogP contribution in [0.15, 0.2) is 30.3 Å². The summed E-state index contributed by atoms with van der Waals surface area (Å²) in [5.74, 6) is 0. The van der Waals surface area contributed by atoms with Crippen LogP contribution < -0.4 is 5.32 Å². The first-order valence-corrected chi connectivity index (χ1v) is 7.88. The minimum Gasteiger partial charge on any atom is -0.379 e. The lowest BCUT2D eigenvalue weighted by Crippen LogP contribution is -2.26. The second-order valence-corrected chi connectivity index (χ2v) is 5.42. The van der Waals surface area contributed by atoms with Crippen molar-refractivity contribution in [1.29, 1.82) is 0 Å². The molecular weight excluding hydrogens is 250 g/mol. The fraction of sp³-hybridized carbons (Fsp3) is 0.647. The highest BCUT2D eigenvalue weighted by molar-refractivity contribution is 5.18. The number of nitrogens with one attached hydrogen (secondary N) is 1. The predicted molar refractivity (Wildman–Crippen MR) is 81.9 cm³/mol. The molecule has 1 unspecified atom stereocenters. The fourth-order valence-electron chi connectivity index (χ4n) is 2.10. The van der Waals surface area contributed by atoms with Crippen molar-refractivity contribution in [3.05, 3.63) is 35.9 Å². The third kappa shape index (κ3) is 6.04. The normalized spacial score (nSPS) is 16.2. The highest BCUT2D eigenvalue weighted by atomic mass is 16.5. The molecule has 3 heteroatoms. The van der Waals surface area contributed by atoms with Crippen LogP contribution in [0.3, 0.4) is 0 Å². The van der Waals surface area contributed by atoms with Gasteiger partial charge in [-0.2, -0.15) is 0 Å². The molecule has 3 nitrogen and oxygen atoms in total. The Balaban J connectivity index is 1.71. The molecule has 1 aliphatic rings. The van der Waals surface area contributed by atoms with Crippen LogP contribution in [0, 0.1) is 0 Å². The van der Waals surface area contributed by atoms with Gasteiger partial charge in [-0.15, -0.1) is 0 Å². The minimum absolute atomic E-state index is 0.131. The number of ether oxygens (including phenoxy) is 2. The van der Waals surface area contributed by atoms with Gasteiger partial charge in [0.1, 0.15) is 0 Å². The molecule has 1 atom stereocenters. The molecule has 112 valence electrons. The summed E-state index contributed by atoms with van der Waals surface area (Å²) < 4.78 is 11.6. The molecule has 0 radical (unpaired) electrons. The number of benzene rings is 1. The van der Waals surface area contributed by atoms with Gasteiger partial charge < -0.3 is 14.8 Å². The summed E-state index contributed by atoms with van der Waals surface area (Å²) in [4.78, 5) is 0. The number of hydrogen-bond donors (Lipinski definition) is 1. The van der Waals surface area contributed by atoms with E-state index in [0.717, 1.165) is 19.6 Å². The summed E-state index contributed by atoms with van der Waals surface area (Å²) in [5, 5.41) is 3.55. The second kappa shape index (κ2) is 9.11. The van der Waals surface area contributed by atoms with E-state index in [0.29, 0.717) is 19.3 Å². The van der Waals surface area contributed by atoms with Crippen LogP contribution in [0.2, 0.25) is 0 Å².